The number of nitrogens with one attached hydrogen (secondary N) is 1. The monoisotopic (exact) mass is 493 g/mol. The molecule has 0 aromatic heterocycles. The highest BCUT2D eigenvalue weighted by molar-refractivity contribution is 7.92. The molecule has 0 heterocycles. The van der Waals surface area contributed by atoms with Gasteiger partial charge in [0, 0.05) is 18.1 Å². The predicted molar refractivity (Wildman–Crippen MR) is 133 cm³/mol. The molecule has 33 heavy (non-hydrogen) atoms. The van der Waals surface area contributed by atoms with Crippen LogP contribution in [0.25, 0.3) is 0 Å². The lowest BCUT2D eigenvalue weighted by Gasteiger charge is -2.33. The molecule has 0 aliphatic rings. The van der Waals surface area contributed by atoms with Crippen molar-refractivity contribution in [3.63, 3.8) is 0 Å². The molecule has 1 unspecified atom stereocenters. The lowest BCUT2D eigenvalue weighted by Crippen LogP contribution is -2.52. The summed E-state index contributed by atoms with van der Waals surface area (Å²) in [5, 5.41) is 3.26. The van der Waals surface area contributed by atoms with Gasteiger partial charge in [-0.1, -0.05) is 61.8 Å². The van der Waals surface area contributed by atoms with E-state index in [9.17, 15) is 18.0 Å². The lowest BCUT2D eigenvalue weighted by atomic mass is 10.1. The van der Waals surface area contributed by atoms with E-state index < -0.39 is 28.5 Å². The zero-order chi connectivity index (χ0) is 24.6. The maximum absolute atomic E-state index is 13.6. The van der Waals surface area contributed by atoms with Crippen LogP contribution in [0, 0.1) is 6.92 Å². The van der Waals surface area contributed by atoms with E-state index in [-0.39, 0.29) is 12.5 Å². The maximum Gasteiger partial charge on any atom is 0.244 e. The predicted octanol–water partition coefficient (Wildman–Crippen LogP) is 3.75. The van der Waals surface area contributed by atoms with Crippen molar-refractivity contribution in [2.45, 2.75) is 46.2 Å². The minimum absolute atomic E-state index is 0.184. The fraction of sp³-hybridized carbons (Fsp3) is 0.417. The average Bonchev–Trinajstić information content (AvgIpc) is 2.77. The van der Waals surface area contributed by atoms with Crippen LogP contribution in [-0.2, 0) is 26.2 Å². The molecule has 0 bridgehead atoms. The van der Waals surface area contributed by atoms with E-state index in [2.05, 4.69) is 5.32 Å². The maximum atomic E-state index is 13.6. The molecule has 0 radical (unpaired) electrons. The van der Waals surface area contributed by atoms with Crippen molar-refractivity contribution in [1.82, 2.24) is 10.2 Å². The molecule has 9 heteroatoms. The Kier molecular flexibility index (Phi) is 9.73. The molecule has 2 rings (SSSR count). The summed E-state index contributed by atoms with van der Waals surface area (Å²) in [6.45, 7) is 5.73. The van der Waals surface area contributed by atoms with Crippen LogP contribution in [0.2, 0.25) is 5.02 Å². The molecule has 0 fully saturated rings. The highest BCUT2D eigenvalue weighted by Crippen LogP contribution is 2.28. The summed E-state index contributed by atoms with van der Waals surface area (Å²) in [5.41, 5.74) is 1.73. The van der Waals surface area contributed by atoms with Gasteiger partial charge in [0.15, 0.2) is 0 Å². The summed E-state index contributed by atoms with van der Waals surface area (Å²) in [7, 11) is -3.80. The third-order valence-electron chi connectivity index (χ3n) is 5.32. The van der Waals surface area contributed by atoms with E-state index in [1.54, 1.807) is 25.1 Å². The van der Waals surface area contributed by atoms with Crippen LogP contribution < -0.4 is 9.62 Å². The van der Waals surface area contributed by atoms with Gasteiger partial charge in [-0.2, -0.15) is 0 Å². The highest BCUT2D eigenvalue weighted by atomic mass is 35.5. The second-order valence-electron chi connectivity index (χ2n) is 7.88. The van der Waals surface area contributed by atoms with Gasteiger partial charge >= 0.3 is 0 Å². The topological polar surface area (TPSA) is 86.8 Å². The fourth-order valence-electron chi connectivity index (χ4n) is 3.53. The molecular formula is C24H32ClN3O4S. The summed E-state index contributed by atoms with van der Waals surface area (Å²) in [6.07, 6.45) is 2.21. The number of halogens is 1. The van der Waals surface area contributed by atoms with Crippen molar-refractivity contribution in [3.05, 3.63) is 64.7 Å². The normalized spacial score (nSPS) is 12.2. The first kappa shape index (κ1) is 26.7. The van der Waals surface area contributed by atoms with Gasteiger partial charge < -0.3 is 10.2 Å². The molecule has 1 atom stereocenters. The SMILES string of the molecule is CCCNC(=O)C(CC)N(Cc1ccccc1)C(=O)CN(c1cccc(Cl)c1C)S(C)(=O)=O. The Hall–Kier alpha value is -2.58. The van der Waals surface area contributed by atoms with Crippen molar-refractivity contribution < 1.29 is 18.0 Å². The van der Waals surface area contributed by atoms with Crippen LogP contribution in [0.1, 0.15) is 37.8 Å². The second-order valence-corrected chi connectivity index (χ2v) is 10.2. The quantitative estimate of drug-likeness (QED) is 0.516. The third kappa shape index (κ3) is 7.20. The van der Waals surface area contributed by atoms with Gasteiger partial charge in [-0.15, -0.1) is 0 Å². The van der Waals surface area contributed by atoms with Crippen LogP contribution in [-0.4, -0.2) is 50.5 Å². The molecule has 1 N–H and O–H groups in total. The number of amides is 2. The number of carbonyl (C=O) groups is 2. The minimum Gasteiger partial charge on any atom is -0.354 e. The van der Waals surface area contributed by atoms with Crippen LogP contribution in [0.4, 0.5) is 5.69 Å². The van der Waals surface area contributed by atoms with Crippen molar-refractivity contribution in [2.75, 3.05) is 23.7 Å². The molecule has 2 aromatic carbocycles. The van der Waals surface area contributed by atoms with Crippen LogP contribution in [0.5, 0.6) is 0 Å². The largest absolute Gasteiger partial charge is 0.354 e. The van der Waals surface area contributed by atoms with Crippen LogP contribution in [0.15, 0.2) is 48.5 Å². The molecule has 0 aliphatic heterocycles. The molecule has 180 valence electrons. The number of anilines is 1. The molecule has 2 aromatic rings. The van der Waals surface area contributed by atoms with Gasteiger partial charge in [0.25, 0.3) is 0 Å². The molecule has 7 nitrogen and oxygen atoms in total. The fourth-order valence-corrected chi connectivity index (χ4v) is 4.60. The standard InChI is InChI=1S/C24H32ClN3O4S/c1-5-15-26-24(30)21(6-2)27(16-19-11-8-7-9-12-19)23(29)17-28(33(4,31)32)22-14-10-13-20(25)18(22)3/h7-14,21H,5-6,15-17H2,1-4H3,(H,26,30). The van der Waals surface area contributed by atoms with Crippen molar-refractivity contribution in [2.24, 2.45) is 0 Å². The van der Waals surface area contributed by atoms with E-state index in [0.29, 0.717) is 29.2 Å². The number of sulfonamides is 1. The van der Waals surface area contributed by atoms with Gasteiger partial charge in [0.05, 0.1) is 11.9 Å². The Bertz CT molecular complexity index is 1060. The smallest absolute Gasteiger partial charge is 0.244 e. The van der Waals surface area contributed by atoms with E-state index in [1.165, 1.54) is 4.90 Å². The molecule has 0 saturated carbocycles. The first-order chi connectivity index (χ1) is 15.6. The van der Waals surface area contributed by atoms with Gasteiger partial charge in [-0.25, -0.2) is 8.42 Å². The summed E-state index contributed by atoms with van der Waals surface area (Å²) >= 11 is 6.21. The van der Waals surface area contributed by atoms with E-state index in [4.69, 9.17) is 11.6 Å². The zero-order valence-electron chi connectivity index (χ0n) is 19.5. The van der Waals surface area contributed by atoms with Gasteiger partial charge in [0.2, 0.25) is 21.8 Å². The van der Waals surface area contributed by atoms with Crippen molar-refractivity contribution >= 4 is 39.1 Å². The summed E-state index contributed by atoms with van der Waals surface area (Å²) < 4.78 is 26.4. The number of nitrogens with zero attached hydrogens (tertiary/aromatic N) is 2. The van der Waals surface area contributed by atoms with Gasteiger partial charge in [-0.3, -0.25) is 13.9 Å². The minimum atomic E-state index is -3.80. The molecular weight excluding hydrogens is 462 g/mol. The molecule has 2 amide bonds. The summed E-state index contributed by atoms with van der Waals surface area (Å²) in [5.74, 6) is -0.726. The van der Waals surface area contributed by atoms with Crippen LogP contribution in [0.3, 0.4) is 0 Å². The molecule has 0 saturated heterocycles. The highest BCUT2D eigenvalue weighted by Gasteiger charge is 2.32. The lowest BCUT2D eigenvalue weighted by molar-refractivity contribution is -0.140. The van der Waals surface area contributed by atoms with Crippen molar-refractivity contribution in [1.29, 1.82) is 0 Å². The van der Waals surface area contributed by atoms with Gasteiger partial charge in [-0.05, 0) is 43.0 Å². The Balaban J connectivity index is 2.44. The summed E-state index contributed by atoms with van der Waals surface area (Å²) in [4.78, 5) is 27.9. The number of hydrogen-bond acceptors (Lipinski definition) is 4. The Labute approximate surface area is 201 Å². The zero-order valence-corrected chi connectivity index (χ0v) is 21.1. The van der Waals surface area contributed by atoms with Crippen molar-refractivity contribution in [3.8, 4) is 0 Å². The third-order valence-corrected chi connectivity index (χ3v) is 6.85. The Morgan fingerprint density at radius 2 is 1.73 bits per heavy atom. The van der Waals surface area contributed by atoms with E-state index in [1.807, 2.05) is 44.2 Å². The first-order valence-corrected chi connectivity index (χ1v) is 13.2. The average molecular weight is 494 g/mol. The molecule has 0 spiro atoms. The second kappa shape index (κ2) is 12.0. The number of hydrogen-bond donors (Lipinski definition) is 1. The number of rotatable bonds is 11. The number of benzene rings is 2. The van der Waals surface area contributed by atoms with E-state index >= 15 is 0 Å². The molecule has 0 aliphatic carbocycles. The number of carbonyl (C=O) groups excluding carboxylic acids is 2. The van der Waals surface area contributed by atoms with Gasteiger partial charge in [0.1, 0.15) is 12.6 Å². The Morgan fingerprint density at radius 3 is 2.30 bits per heavy atom. The Morgan fingerprint density at radius 1 is 1.06 bits per heavy atom. The van der Waals surface area contributed by atoms with E-state index in [0.717, 1.165) is 22.5 Å². The summed E-state index contributed by atoms with van der Waals surface area (Å²) in [6, 6.07) is 13.5. The van der Waals surface area contributed by atoms with Crippen LogP contribution >= 0.6 is 11.6 Å². The first-order valence-electron chi connectivity index (χ1n) is 10.9.